The van der Waals surface area contributed by atoms with Gasteiger partial charge >= 0.3 is 167 Å². The molecule has 0 aromatic carbocycles. The molecule has 0 saturated carbocycles. The number of methoxy groups -OCH3 is 1. The molecule has 7 aliphatic heterocycles. The third kappa shape index (κ3) is 43.7. The summed E-state index contributed by atoms with van der Waals surface area (Å²) >= 11 is 2.03. The maximum atomic E-state index is 11.6. The normalized spacial score (nSPS) is 37.5. The second-order valence-corrected chi connectivity index (χ2v) is 41.9. The summed E-state index contributed by atoms with van der Waals surface area (Å²) in [4.78, 5) is 128. The van der Waals surface area contributed by atoms with Gasteiger partial charge in [-0.15, -0.1) is 0 Å². The van der Waals surface area contributed by atoms with E-state index in [0.29, 0.717) is 0 Å². The Morgan fingerprint density at radius 1 is 0.297 bits per heavy atom. The second kappa shape index (κ2) is 47.1. The van der Waals surface area contributed by atoms with E-state index in [-0.39, 0.29) is 68.5 Å². The van der Waals surface area contributed by atoms with Gasteiger partial charge < -0.3 is 132 Å². The number of hydrogen-bond donors (Lipinski definition) is 22. The van der Waals surface area contributed by atoms with E-state index in [1.165, 1.54) is 7.11 Å². The smallest absolute Gasteiger partial charge is 0.390 e. The van der Waals surface area contributed by atoms with Crippen molar-refractivity contribution in [2.24, 2.45) is 35.5 Å². The molecular weight excluding hydrogens is 1780 g/mol. The zero-order valence-electron chi connectivity index (χ0n) is 59.5. The standard InChI is InChI=1S/C7H15BO8P2.C6H12B2O8P2.C6H13BO8P2Se.C6H12BO7P.3C6H12BO6P/c1-4-6(9)5(15-7(4)8)3-14-17(2,10)16-18(11,12)13;1-3-5(9)4(15-6(3)7)2-14-17(8,10)16-18(11,12)13;1-3-5(8)4(14-6(3)7)2-13-17(12,18)15-16(9,10)11;1-12-5-4(8)3(14-6(5)7)2-13-15(9,10)11;3*1-3-5(8)4(13-6(3)7)2-12-14(9,10)11/h4-7,9H,3H2,1-2H3,(H2,11,12,13);3-6,9H,2H2,1H3,(H2,11,12,13);3-6,8H,2H2,1H3,(H,12,18)(H2,9,10,11);3-6,8H,2H2,1H3,(H2,9,10,11);3*3-6,8H,2H2,1H3,(H2,9,10,11)/t4-,5?,6+,7-,17?;2*3-,4?,5+,6-,17?;3?,4-,5-,6-;3*3-,4?,5+,6-/m1111111/s1. The monoisotopic (exact) mass is 1870 g/mol. The average Bonchev–Trinajstić information content (AvgIpc) is 1.79. The zero-order valence-corrected chi connectivity index (χ0v) is 70.1. The summed E-state index contributed by atoms with van der Waals surface area (Å²) in [5.74, 6) is -1.83. The Bertz CT molecular complexity index is 3020. The molecule has 7 saturated heterocycles. The fourth-order valence-corrected chi connectivity index (χ4v) is 18.3. The van der Waals surface area contributed by atoms with Crippen molar-refractivity contribution in [1.29, 1.82) is 0 Å². The Labute approximate surface area is 653 Å². The van der Waals surface area contributed by atoms with Crippen molar-refractivity contribution in [1.82, 2.24) is 0 Å². The van der Waals surface area contributed by atoms with E-state index in [1.807, 2.05) is 15.1 Å². The van der Waals surface area contributed by atoms with Gasteiger partial charge in [0, 0.05) is 79.4 Å². The van der Waals surface area contributed by atoms with Crippen LogP contribution in [-0.2, 0) is 124 Å². The Morgan fingerprint density at radius 2 is 0.495 bits per heavy atom. The van der Waals surface area contributed by atoms with E-state index in [0.717, 1.165) is 6.66 Å². The van der Waals surface area contributed by atoms with Gasteiger partial charge in [-0.25, -0.2) is 36.0 Å². The van der Waals surface area contributed by atoms with Crippen LogP contribution in [0.2, 0.25) is 0 Å². The molecule has 10 unspecified atom stereocenters. The van der Waals surface area contributed by atoms with Crippen molar-refractivity contribution in [2.75, 3.05) is 60.0 Å². The topological polar surface area (TPSA) is 765 Å². The molecule has 16 radical (unpaired) electrons. The van der Waals surface area contributed by atoms with Crippen LogP contribution in [0.1, 0.15) is 41.5 Å². The number of phosphoric ester groups is 4. The number of phosphoric acid groups is 7. The van der Waals surface area contributed by atoms with Crippen LogP contribution in [-0.4, -0.2) is 380 Å². The fourth-order valence-electron chi connectivity index (χ4n) is 9.42. The van der Waals surface area contributed by atoms with E-state index in [4.69, 9.17) is 178 Å². The Balaban J connectivity index is 0.000000649. The van der Waals surface area contributed by atoms with Crippen molar-refractivity contribution < 1.29 is 233 Å². The van der Waals surface area contributed by atoms with Crippen molar-refractivity contribution in [3.05, 3.63) is 0 Å². The summed E-state index contributed by atoms with van der Waals surface area (Å²) in [5.41, 5.74) is 0. The average molecular weight is 1860 g/mol. The van der Waals surface area contributed by atoms with Crippen LogP contribution >= 0.6 is 76.0 Å². The number of ether oxygens (including phenoxy) is 8. The SMILES string of the molecule is [B][C@@H]1OC(COP(=O)(O)O)[C@@H](O)[C@H]1C.[B][C@@H]1OC(COP(=O)(O)O)[C@@H](O)[C@H]1C.[B][C@@H]1OC(COP(=O)(O)O)[C@@H](O)[C@H]1C.[B][C@@H]1OC(COP(=O)(O)O)[C@@H](O)[C@H]1OC.[B][C@@H]1OC(COP(C)(=O)OP(=O)(O)O)[C@@H](O)[C@H]1C.[B][C@@H]1OC(COP(O)(=[Se])OP(=O)(O)O)[C@@H](O)[C@H]1C.[B][C@@H]1OC(COP([B])(=O)OP(=O)(O)O)[C@@H](O)[C@H]1C. The number of aliphatic hydroxyl groups is 7. The van der Waals surface area contributed by atoms with Crippen LogP contribution in [0.3, 0.4) is 0 Å². The summed E-state index contributed by atoms with van der Waals surface area (Å²) in [6.07, 6.45) is -16.7. The molecule has 0 bridgehead atoms. The first-order chi connectivity index (χ1) is 49.8. The van der Waals surface area contributed by atoms with Crippen LogP contribution in [0, 0.1) is 35.5 Å². The summed E-state index contributed by atoms with van der Waals surface area (Å²) < 4.78 is 179. The molecule has 31 atom stereocenters. The maximum Gasteiger partial charge on any atom is 0.476 e. The predicted molar refractivity (Wildman–Crippen MR) is 380 cm³/mol. The second-order valence-electron chi connectivity index (χ2n) is 24.8. The van der Waals surface area contributed by atoms with Gasteiger partial charge in [-0.2, -0.15) is 0 Å². The molecule has 0 aliphatic carbocycles. The fraction of sp³-hybridized carbons (Fsp3) is 1.00. The minimum absolute atomic E-state index is 0.277. The number of rotatable bonds is 28. The Morgan fingerprint density at radius 3 is 0.685 bits per heavy atom. The molecule has 7 aliphatic rings. The molecule has 7 fully saturated rings. The Kier molecular flexibility index (Phi) is 47.1. The third-order valence-electron chi connectivity index (χ3n) is 15.9. The van der Waals surface area contributed by atoms with Gasteiger partial charge in [0.2, 0.25) is 7.57 Å². The van der Waals surface area contributed by atoms with E-state index in [9.17, 15) is 81.7 Å². The predicted octanol–water partition coefficient (Wildman–Crippen LogP) is -6.73. The molecule has 111 heavy (non-hydrogen) atoms. The van der Waals surface area contributed by atoms with Gasteiger partial charge in [0.25, 0.3) is 7.47 Å². The molecule has 0 amide bonds. The van der Waals surface area contributed by atoms with Crippen LogP contribution in [0.5, 0.6) is 0 Å². The molecule has 634 valence electrons. The van der Waals surface area contributed by atoms with E-state index in [1.54, 1.807) is 41.5 Å². The van der Waals surface area contributed by atoms with Gasteiger partial charge in [0.1, 0.15) is 95.9 Å². The largest absolute Gasteiger partial charge is 0.476 e. The van der Waals surface area contributed by atoms with Crippen molar-refractivity contribution in [3.8, 4) is 0 Å². The minimum Gasteiger partial charge on any atom is -0.390 e. The first-order valence-corrected chi connectivity index (χ1v) is 49.4. The van der Waals surface area contributed by atoms with Gasteiger partial charge in [-0.1, -0.05) is 34.6 Å². The molecule has 22 N–H and O–H groups in total. The summed E-state index contributed by atoms with van der Waals surface area (Å²) in [6, 6.07) is -4.78. The molecular formula is C43H88B8O49P10Se. The summed E-state index contributed by atoms with van der Waals surface area (Å²) in [7, 11) is 3.46. The quantitative estimate of drug-likeness (QED) is 0.0256. The minimum atomic E-state index is -5.03. The van der Waals surface area contributed by atoms with Crippen molar-refractivity contribution >= 4 is 154 Å². The van der Waals surface area contributed by atoms with E-state index >= 15 is 0 Å². The molecule has 0 aromatic rings. The molecule has 49 nitrogen and oxygen atoms in total. The molecule has 68 heteroatoms. The van der Waals surface area contributed by atoms with Gasteiger partial charge in [0.05, 0.1) is 70.2 Å². The summed E-state index contributed by atoms with van der Waals surface area (Å²) in [5, 5.41) is 67.0. The molecule has 0 aromatic heterocycles. The zero-order chi connectivity index (χ0) is 86.8. The van der Waals surface area contributed by atoms with Crippen LogP contribution < -0.4 is 0 Å². The molecule has 7 heterocycles. The number of aliphatic hydroxyl groups excluding tert-OH is 7. The van der Waals surface area contributed by atoms with Gasteiger partial charge in [0.15, 0.2) is 0 Å². The van der Waals surface area contributed by atoms with Crippen molar-refractivity contribution in [2.45, 2.75) is 175 Å². The van der Waals surface area contributed by atoms with Gasteiger partial charge in [-0.3, -0.25) is 27.2 Å². The Hall–Kier alpha value is 1.94. The summed E-state index contributed by atoms with van der Waals surface area (Å²) in [6.45, 7) is 8.30. The van der Waals surface area contributed by atoms with Crippen LogP contribution in [0.15, 0.2) is 0 Å². The maximum absolute atomic E-state index is 11.6. The van der Waals surface area contributed by atoms with Gasteiger partial charge in [-0.05, 0) is 0 Å². The van der Waals surface area contributed by atoms with E-state index < -0.39 is 223 Å². The van der Waals surface area contributed by atoms with Crippen LogP contribution in [0.25, 0.3) is 0 Å². The molecule has 0 spiro atoms. The van der Waals surface area contributed by atoms with E-state index in [2.05, 4.69) is 35.6 Å². The van der Waals surface area contributed by atoms with Crippen LogP contribution in [0.4, 0.5) is 0 Å². The van der Waals surface area contributed by atoms with Crippen molar-refractivity contribution in [3.63, 3.8) is 0 Å². The number of hydrogen-bond acceptors (Lipinski definition) is 35. The first kappa shape index (κ1) is 111. The molecule has 7 rings (SSSR count). The third-order valence-corrected chi connectivity index (χ3v) is 26.8. The first-order valence-electron chi connectivity index (χ1n) is 31.3.